The molecule has 0 amide bonds. The largest absolute Gasteiger partial charge is 0.493 e. The van der Waals surface area contributed by atoms with Crippen LogP contribution in [0, 0.1) is 0 Å². The van der Waals surface area contributed by atoms with Gasteiger partial charge in [0, 0.05) is 26.1 Å². The molecule has 0 spiro atoms. The van der Waals surface area contributed by atoms with Crippen molar-refractivity contribution in [2.75, 3.05) is 34.0 Å². The van der Waals surface area contributed by atoms with Crippen LogP contribution in [0.4, 0.5) is 0 Å². The highest BCUT2D eigenvalue weighted by Gasteiger charge is 2.14. The van der Waals surface area contributed by atoms with Gasteiger partial charge < -0.3 is 23.7 Å². The fourth-order valence-electron chi connectivity index (χ4n) is 4.08. The van der Waals surface area contributed by atoms with Gasteiger partial charge in [-0.25, -0.2) is 0 Å². The lowest BCUT2D eigenvalue weighted by atomic mass is 9.96. The van der Waals surface area contributed by atoms with Gasteiger partial charge in [0.25, 0.3) is 0 Å². The third kappa shape index (κ3) is 11.3. The predicted octanol–water partition coefficient (Wildman–Crippen LogP) is 5.16. The van der Waals surface area contributed by atoms with Crippen molar-refractivity contribution in [2.24, 2.45) is 0 Å². The predicted molar refractivity (Wildman–Crippen MR) is 130 cm³/mol. The van der Waals surface area contributed by atoms with E-state index in [1.807, 2.05) is 12.1 Å². The molecule has 1 aromatic rings. The number of esters is 2. The van der Waals surface area contributed by atoms with Crippen LogP contribution < -0.4 is 4.74 Å². The molecule has 1 aromatic carbocycles. The summed E-state index contributed by atoms with van der Waals surface area (Å²) in [6.45, 7) is 2.10. The maximum absolute atomic E-state index is 11.7. The molecule has 0 aromatic heterocycles. The third-order valence-corrected chi connectivity index (χ3v) is 6.08. The number of aryl methyl sites for hydroxylation is 1. The Morgan fingerprint density at radius 3 is 2.41 bits per heavy atom. The number of unbranched alkanes of at least 4 members (excludes halogenated alkanes) is 4. The summed E-state index contributed by atoms with van der Waals surface area (Å²) in [7, 11) is 2.81. The molecule has 2 rings (SSSR count). The Labute approximate surface area is 204 Å². The van der Waals surface area contributed by atoms with E-state index in [2.05, 4.69) is 10.8 Å². The van der Waals surface area contributed by atoms with E-state index in [4.69, 9.17) is 18.9 Å². The molecule has 7 heteroatoms. The van der Waals surface area contributed by atoms with Gasteiger partial charge in [-0.2, -0.15) is 0 Å². The first-order chi connectivity index (χ1) is 16.6. The molecule has 1 atom stereocenters. The van der Waals surface area contributed by atoms with E-state index in [9.17, 15) is 9.59 Å². The van der Waals surface area contributed by atoms with Gasteiger partial charge in [0.15, 0.2) is 6.29 Å². The smallest absolute Gasteiger partial charge is 0.305 e. The molecule has 1 unspecified atom stereocenters. The van der Waals surface area contributed by atoms with Crippen LogP contribution in [-0.2, 0) is 41.4 Å². The molecular formula is C27H42O7. The van der Waals surface area contributed by atoms with Gasteiger partial charge in [0.2, 0.25) is 0 Å². The van der Waals surface area contributed by atoms with Gasteiger partial charge in [0.05, 0.1) is 20.8 Å². The molecule has 0 bridgehead atoms. The van der Waals surface area contributed by atoms with Gasteiger partial charge in [0.1, 0.15) is 5.75 Å². The summed E-state index contributed by atoms with van der Waals surface area (Å²) in [5, 5.41) is 0. The highest BCUT2D eigenvalue weighted by Crippen LogP contribution is 2.26. The molecule has 34 heavy (non-hydrogen) atoms. The standard InChI is InChI=1S/C27H42O7/c1-30-25(28)15-6-9-19-32-24-14-11-13-22(23(24)17-18-26(29)31-2)12-5-3-4-8-20-33-27-16-7-10-21-34-27/h11,13-14,27H,3-10,12,15-21H2,1-2H3. The van der Waals surface area contributed by atoms with E-state index in [0.717, 1.165) is 82.3 Å². The Balaban J connectivity index is 1.77. The molecule has 0 N–H and O–H groups in total. The van der Waals surface area contributed by atoms with Gasteiger partial charge in [-0.15, -0.1) is 0 Å². The van der Waals surface area contributed by atoms with Crippen LogP contribution in [0.5, 0.6) is 5.75 Å². The highest BCUT2D eigenvalue weighted by molar-refractivity contribution is 5.70. The van der Waals surface area contributed by atoms with Crippen molar-refractivity contribution in [3.63, 3.8) is 0 Å². The molecule has 1 fully saturated rings. The van der Waals surface area contributed by atoms with Crippen molar-refractivity contribution in [1.82, 2.24) is 0 Å². The summed E-state index contributed by atoms with van der Waals surface area (Å²) in [6, 6.07) is 6.10. The highest BCUT2D eigenvalue weighted by atomic mass is 16.7. The fourth-order valence-corrected chi connectivity index (χ4v) is 4.08. The third-order valence-electron chi connectivity index (χ3n) is 6.08. The zero-order chi connectivity index (χ0) is 24.4. The Morgan fingerprint density at radius 2 is 1.65 bits per heavy atom. The summed E-state index contributed by atoms with van der Waals surface area (Å²) >= 11 is 0. The van der Waals surface area contributed by atoms with E-state index in [1.165, 1.54) is 26.2 Å². The number of carbonyl (C=O) groups is 2. The first-order valence-corrected chi connectivity index (χ1v) is 12.7. The quantitative estimate of drug-likeness (QED) is 0.226. The molecule has 1 aliphatic rings. The lowest BCUT2D eigenvalue weighted by molar-refractivity contribution is -0.162. The molecule has 7 nitrogen and oxygen atoms in total. The average Bonchev–Trinajstić information content (AvgIpc) is 2.87. The molecule has 1 heterocycles. The Bertz CT molecular complexity index is 713. The molecule has 192 valence electrons. The molecule has 0 radical (unpaired) electrons. The number of benzene rings is 1. The Morgan fingerprint density at radius 1 is 0.882 bits per heavy atom. The van der Waals surface area contributed by atoms with E-state index in [-0.39, 0.29) is 18.2 Å². The van der Waals surface area contributed by atoms with E-state index in [1.54, 1.807) is 0 Å². The summed E-state index contributed by atoms with van der Waals surface area (Å²) in [5.41, 5.74) is 2.31. The van der Waals surface area contributed by atoms with Crippen molar-refractivity contribution in [3.8, 4) is 5.75 Å². The number of methoxy groups -OCH3 is 2. The van der Waals surface area contributed by atoms with Crippen molar-refractivity contribution in [2.45, 2.75) is 89.8 Å². The van der Waals surface area contributed by atoms with Crippen LogP contribution in [-0.4, -0.2) is 52.3 Å². The number of hydrogen-bond donors (Lipinski definition) is 0. The lowest BCUT2D eigenvalue weighted by Crippen LogP contribution is -2.22. The summed E-state index contributed by atoms with van der Waals surface area (Å²) in [6.07, 6.45) is 11.5. The summed E-state index contributed by atoms with van der Waals surface area (Å²) in [5.74, 6) is 0.399. The van der Waals surface area contributed by atoms with Gasteiger partial charge >= 0.3 is 11.9 Å². The second-order valence-corrected chi connectivity index (χ2v) is 8.68. The maximum atomic E-state index is 11.7. The van der Waals surface area contributed by atoms with Crippen LogP contribution in [0.25, 0.3) is 0 Å². The normalized spacial score (nSPS) is 15.6. The van der Waals surface area contributed by atoms with E-state index < -0.39 is 0 Å². The van der Waals surface area contributed by atoms with Crippen LogP contribution in [0.2, 0.25) is 0 Å². The molecular weight excluding hydrogens is 436 g/mol. The molecule has 0 saturated carbocycles. The average molecular weight is 479 g/mol. The SMILES string of the molecule is COC(=O)CCCCOc1cccc(CCCCCCOC2CCCCO2)c1CCC(=O)OC. The summed E-state index contributed by atoms with van der Waals surface area (Å²) in [4.78, 5) is 23.0. The molecule has 1 aliphatic heterocycles. The number of rotatable bonds is 17. The van der Waals surface area contributed by atoms with Gasteiger partial charge in [-0.3, -0.25) is 9.59 Å². The van der Waals surface area contributed by atoms with Crippen molar-refractivity contribution < 1.29 is 33.3 Å². The second-order valence-electron chi connectivity index (χ2n) is 8.68. The second kappa shape index (κ2) is 17.3. The number of ether oxygens (including phenoxy) is 5. The van der Waals surface area contributed by atoms with Crippen molar-refractivity contribution >= 4 is 11.9 Å². The van der Waals surface area contributed by atoms with Crippen molar-refractivity contribution in [1.29, 1.82) is 0 Å². The van der Waals surface area contributed by atoms with Crippen LogP contribution in [0.3, 0.4) is 0 Å². The van der Waals surface area contributed by atoms with Crippen LogP contribution in [0.1, 0.15) is 81.8 Å². The van der Waals surface area contributed by atoms with E-state index in [0.29, 0.717) is 25.9 Å². The zero-order valence-electron chi connectivity index (χ0n) is 21.0. The molecule has 0 aliphatic carbocycles. The van der Waals surface area contributed by atoms with Gasteiger partial charge in [-0.1, -0.05) is 25.0 Å². The minimum atomic E-state index is -0.222. The molecule has 1 saturated heterocycles. The van der Waals surface area contributed by atoms with Gasteiger partial charge in [-0.05, 0) is 75.0 Å². The number of hydrogen-bond acceptors (Lipinski definition) is 7. The first kappa shape index (κ1) is 28.1. The van der Waals surface area contributed by atoms with Crippen LogP contribution in [0.15, 0.2) is 18.2 Å². The minimum absolute atomic E-state index is 0.00525. The number of carbonyl (C=O) groups excluding carboxylic acids is 2. The summed E-state index contributed by atoms with van der Waals surface area (Å²) < 4.78 is 27.0. The topological polar surface area (TPSA) is 80.3 Å². The monoisotopic (exact) mass is 478 g/mol. The van der Waals surface area contributed by atoms with E-state index >= 15 is 0 Å². The van der Waals surface area contributed by atoms with Crippen molar-refractivity contribution in [3.05, 3.63) is 29.3 Å². The Hall–Kier alpha value is -2.12. The fraction of sp³-hybridized carbons (Fsp3) is 0.704. The first-order valence-electron chi connectivity index (χ1n) is 12.7. The lowest BCUT2D eigenvalue weighted by Gasteiger charge is -2.22. The maximum Gasteiger partial charge on any atom is 0.305 e. The minimum Gasteiger partial charge on any atom is -0.493 e. The van der Waals surface area contributed by atoms with Crippen LogP contribution >= 0.6 is 0 Å². The zero-order valence-corrected chi connectivity index (χ0v) is 21.0. The Kier molecular flexibility index (Phi) is 14.3.